The summed E-state index contributed by atoms with van der Waals surface area (Å²) in [5, 5.41) is 3.77. The van der Waals surface area contributed by atoms with Crippen molar-refractivity contribution in [3.63, 3.8) is 0 Å². The van der Waals surface area contributed by atoms with Crippen LogP contribution in [0.3, 0.4) is 0 Å². The lowest BCUT2D eigenvalue weighted by molar-refractivity contribution is -0.213. The normalized spacial score (nSPS) is 26.6. The maximum atomic E-state index is 13.0. The maximum Gasteiger partial charge on any atom is 0.254 e. The van der Waals surface area contributed by atoms with Crippen molar-refractivity contribution in [1.82, 2.24) is 14.4 Å². The number of piperidine rings is 1. The van der Waals surface area contributed by atoms with Gasteiger partial charge in [0.15, 0.2) is 11.9 Å². The van der Waals surface area contributed by atoms with E-state index in [0.717, 1.165) is 12.8 Å². The summed E-state index contributed by atoms with van der Waals surface area (Å²) >= 11 is 0. The van der Waals surface area contributed by atoms with Crippen molar-refractivity contribution in [2.45, 2.75) is 62.1 Å². The minimum absolute atomic E-state index is 0.0106. The summed E-state index contributed by atoms with van der Waals surface area (Å²) in [4.78, 5) is 14.8. The van der Waals surface area contributed by atoms with Gasteiger partial charge in [-0.15, -0.1) is 0 Å². The van der Waals surface area contributed by atoms with E-state index < -0.39 is 16.1 Å². The molecule has 0 bridgehead atoms. The first-order valence-electron chi connectivity index (χ1n) is 9.69. The Morgan fingerprint density at radius 2 is 1.82 bits per heavy atom. The highest BCUT2D eigenvalue weighted by Gasteiger charge is 2.62. The molecule has 3 aliphatic heterocycles. The zero-order valence-corrected chi connectivity index (χ0v) is 17.3. The average molecular weight is 413 g/mol. The molecule has 3 fully saturated rings. The Labute approximate surface area is 165 Å². The Morgan fingerprint density at radius 3 is 2.36 bits per heavy atom. The van der Waals surface area contributed by atoms with Crippen LogP contribution in [0.15, 0.2) is 9.42 Å². The highest BCUT2D eigenvalue weighted by molar-refractivity contribution is 7.89. The van der Waals surface area contributed by atoms with Crippen LogP contribution in [0, 0.1) is 13.8 Å². The molecule has 1 spiro atoms. The van der Waals surface area contributed by atoms with E-state index >= 15 is 0 Å². The van der Waals surface area contributed by atoms with Gasteiger partial charge in [0.1, 0.15) is 10.6 Å². The number of likely N-dealkylation sites (tertiary alicyclic amines) is 1. The summed E-state index contributed by atoms with van der Waals surface area (Å²) in [6, 6.07) is 0.0214. The van der Waals surface area contributed by atoms with Gasteiger partial charge >= 0.3 is 0 Å². The quantitative estimate of drug-likeness (QED) is 0.674. The van der Waals surface area contributed by atoms with Crippen molar-refractivity contribution in [1.29, 1.82) is 0 Å². The second-order valence-corrected chi connectivity index (χ2v) is 9.70. The number of sulfonamides is 1. The molecule has 0 aliphatic carbocycles. The van der Waals surface area contributed by atoms with Gasteiger partial charge in [0.25, 0.3) is 5.91 Å². The Morgan fingerprint density at radius 1 is 1.18 bits per heavy atom. The van der Waals surface area contributed by atoms with E-state index in [1.54, 1.807) is 21.0 Å². The number of rotatable bonds is 4. The van der Waals surface area contributed by atoms with Crippen molar-refractivity contribution >= 4 is 15.9 Å². The number of hydrogen-bond donors (Lipinski definition) is 0. The van der Waals surface area contributed by atoms with Crippen molar-refractivity contribution in [2.75, 3.05) is 33.4 Å². The zero-order chi connectivity index (χ0) is 20.1. The number of carbonyl (C=O) groups is 1. The van der Waals surface area contributed by atoms with E-state index in [4.69, 9.17) is 14.0 Å². The van der Waals surface area contributed by atoms with Crippen LogP contribution in [0.5, 0.6) is 0 Å². The molecule has 0 aromatic carbocycles. The molecule has 0 N–H and O–H groups in total. The van der Waals surface area contributed by atoms with Crippen LogP contribution >= 0.6 is 0 Å². The molecule has 9 nitrogen and oxygen atoms in total. The fraction of sp³-hybridized carbons (Fsp3) is 0.778. The number of nitrogens with zero attached hydrogens (tertiary/aromatic N) is 3. The van der Waals surface area contributed by atoms with Crippen LogP contribution in [0.2, 0.25) is 0 Å². The van der Waals surface area contributed by atoms with Gasteiger partial charge in [0.05, 0.1) is 5.54 Å². The molecule has 156 valence electrons. The molecule has 3 aliphatic rings. The smallest absolute Gasteiger partial charge is 0.254 e. The topological polar surface area (TPSA) is 102 Å². The highest BCUT2D eigenvalue weighted by atomic mass is 32.2. The first-order valence-corrected chi connectivity index (χ1v) is 11.1. The molecule has 1 atom stereocenters. The third kappa shape index (κ3) is 2.80. The lowest BCUT2D eigenvalue weighted by Gasteiger charge is -2.61. The highest BCUT2D eigenvalue weighted by Crippen LogP contribution is 2.45. The number of β-lactam (4-membered cyclic amide) rings is 1. The Balaban J connectivity index is 1.49. The van der Waals surface area contributed by atoms with Crippen LogP contribution in [0.1, 0.15) is 37.1 Å². The second-order valence-electron chi connectivity index (χ2n) is 7.83. The molecule has 4 rings (SSSR count). The summed E-state index contributed by atoms with van der Waals surface area (Å²) in [5.41, 5.74) is 0.0684. The van der Waals surface area contributed by atoms with Gasteiger partial charge in [-0.1, -0.05) is 5.16 Å². The van der Waals surface area contributed by atoms with Crippen molar-refractivity contribution in [3.05, 3.63) is 11.5 Å². The predicted octanol–water partition coefficient (Wildman–Crippen LogP) is 0.851. The molecular weight excluding hydrogens is 386 g/mol. The third-order valence-corrected chi connectivity index (χ3v) is 8.52. The van der Waals surface area contributed by atoms with Gasteiger partial charge in [-0.05, 0) is 39.5 Å². The molecule has 4 heterocycles. The van der Waals surface area contributed by atoms with Gasteiger partial charge in [0.2, 0.25) is 10.0 Å². The Kier molecular flexibility index (Phi) is 5.01. The molecule has 10 heteroatoms. The van der Waals surface area contributed by atoms with E-state index in [-0.39, 0.29) is 22.4 Å². The number of ether oxygens (including phenoxy) is 2. The van der Waals surface area contributed by atoms with E-state index in [9.17, 15) is 13.2 Å². The van der Waals surface area contributed by atoms with Crippen LogP contribution in [0.4, 0.5) is 0 Å². The van der Waals surface area contributed by atoms with Crippen LogP contribution in [-0.2, 0) is 24.3 Å². The summed E-state index contributed by atoms with van der Waals surface area (Å²) in [6.45, 7) is 5.20. The lowest BCUT2D eigenvalue weighted by atomic mass is 9.72. The molecule has 0 radical (unpaired) electrons. The van der Waals surface area contributed by atoms with Gasteiger partial charge in [-0.3, -0.25) is 4.79 Å². The van der Waals surface area contributed by atoms with E-state index in [1.165, 1.54) is 4.31 Å². The summed E-state index contributed by atoms with van der Waals surface area (Å²) in [6.07, 6.45) is 2.31. The zero-order valence-electron chi connectivity index (χ0n) is 16.5. The number of methoxy groups -OCH3 is 1. The molecule has 3 saturated heterocycles. The first kappa shape index (κ1) is 19.8. The fourth-order valence-electron chi connectivity index (χ4n) is 5.04. The van der Waals surface area contributed by atoms with E-state index in [2.05, 4.69) is 5.16 Å². The van der Waals surface area contributed by atoms with Crippen LogP contribution in [-0.4, -0.2) is 79.8 Å². The maximum absolute atomic E-state index is 13.0. The predicted molar refractivity (Wildman–Crippen MR) is 98.2 cm³/mol. The molecule has 28 heavy (non-hydrogen) atoms. The van der Waals surface area contributed by atoms with Gasteiger partial charge < -0.3 is 18.9 Å². The molecule has 0 saturated carbocycles. The Hall–Kier alpha value is -1.49. The van der Waals surface area contributed by atoms with Crippen LogP contribution < -0.4 is 0 Å². The summed E-state index contributed by atoms with van der Waals surface area (Å²) in [5.74, 6) is 0.318. The summed E-state index contributed by atoms with van der Waals surface area (Å²) < 4.78 is 43.5. The van der Waals surface area contributed by atoms with Crippen LogP contribution in [0.25, 0.3) is 0 Å². The number of amides is 1. The second kappa shape index (κ2) is 7.08. The number of aromatic nitrogens is 1. The van der Waals surface area contributed by atoms with E-state index in [1.807, 2.05) is 4.90 Å². The minimum Gasteiger partial charge on any atom is -0.381 e. The largest absolute Gasteiger partial charge is 0.381 e. The first-order chi connectivity index (χ1) is 13.3. The molecule has 1 aromatic rings. The van der Waals surface area contributed by atoms with Crippen molar-refractivity contribution in [2.24, 2.45) is 0 Å². The van der Waals surface area contributed by atoms with Gasteiger partial charge in [-0.2, -0.15) is 4.31 Å². The minimum atomic E-state index is -3.65. The van der Waals surface area contributed by atoms with Gasteiger partial charge in [-0.25, -0.2) is 8.42 Å². The number of hydrogen-bond acceptors (Lipinski definition) is 7. The SMILES string of the molecule is COC1C(=O)N(C2CCN(S(=O)(=O)c3c(C)noc3C)CC2)C12CCOCC2. The van der Waals surface area contributed by atoms with Crippen molar-refractivity contribution < 1.29 is 27.2 Å². The van der Waals surface area contributed by atoms with E-state index in [0.29, 0.717) is 50.6 Å². The third-order valence-electron chi connectivity index (χ3n) is 6.38. The standard InChI is InChI=1S/C18H27N3O6S/c1-12-15(13(2)27-19-12)28(23,24)20-8-4-14(5-9-20)21-17(22)16(25-3)18(21)6-10-26-11-7-18/h14,16H,4-11H2,1-3H3. The fourth-order valence-corrected chi connectivity index (χ4v) is 6.80. The lowest BCUT2D eigenvalue weighted by Crippen LogP contribution is -2.79. The molecule has 1 aromatic heterocycles. The van der Waals surface area contributed by atoms with Gasteiger partial charge in [0, 0.05) is 39.5 Å². The number of aryl methyl sites for hydroxylation is 2. The summed E-state index contributed by atoms with van der Waals surface area (Å²) in [7, 11) is -2.07. The van der Waals surface area contributed by atoms with Crippen molar-refractivity contribution in [3.8, 4) is 0 Å². The molecule has 1 unspecified atom stereocenters. The molecule has 1 amide bonds. The Bertz CT molecular complexity index is 833. The average Bonchev–Trinajstić information content (AvgIpc) is 3.02. The monoisotopic (exact) mass is 413 g/mol. The molecular formula is C18H27N3O6S. The number of carbonyl (C=O) groups excluding carboxylic acids is 1.